The molecule has 4 unspecified atom stereocenters. The third kappa shape index (κ3) is 4.90. The summed E-state index contributed by atoms with van der Waals surface area (Å²) in [6.45, 7) is 2.29. The largest absolute Gasteiger partial charge is 0.478 e. The van der Waals surface area contributed by atoms with E-state index in [-0.39, 0.29) is 29.6 Å². The summed E-state index contributed by atoms with van der Waals surface area (Å²) in [5, 5.41) is 14.8. The molecule has 0 saturated carbocycles. The van der Waals surface area contributed by atoms with E-state index in [4.69, 9.17) is 14.2 Å². The monoisotopic (exact) mass is 547 g/mol. The van der Waals surface area contributed by atoms with E-state index in [1.807, 2.05) is 37.3 Å². The van der Waals surface area contributed by atoms with Crippen molar-refractivity contribution in [3.8, 4) is 0 Å². The van der Waals surface area contributed by atoms with Crippen LogP contribution in [0.3, 0.4) is 0 Å². The Balaban J connectivity index is 1.25. The molecule has 0 bridgehead atoms. The van der Waals surface area contributed by atoms with Gasteiger partial charge in [0.1, 0.15) is 18.5 Å². The third-order valence-electron chi connectivity index (χ3n) is 7.12. The molecule has 0 aliphatic carbocycles. The number of carbonyl (C=O) groups is 2. The van der Waals surface area contributed by atoms with Gasteiger partial charge in [-0.1, -0.05) is 30.3 Å². The van der Waals surface area contributed by atoms with Gasteiger partial charge in [-0.15, -0.1) is 0 Å². The lowest BCUT2D eigenvalue weighted by Crippen LogP contribution is -2.29. The first-order valence-electron chi connectivity index (χ1n) is 13.2. The number of aromatic amines is 1. The van der Waals surface area contributed by atoms with Gasteiger partial charge in [0.05, 0.1) is 18.0 Å². The number of hydrogen-bond acceptors (Lipinski definition) is 8. The van der Waals surface area contributed by atoms with Gasteiger partial charge in [0, 0.05) is 24.5 Å². The van der Waals surface area contributed by atoms with Crippen molar-refractivity contribution in [2.45, 2.75) is 57.0 Å². The summed E-state index contributed by atoms with van der Waals surface area (Å²) in [6, 6.07) is 9.32. The number of rotatable bonds is 9. The van der Waals surface area contributed by atoms with Crippen LogP contribution in [0.5, 0.6) is 0 Å². The average Bonchev–Trinajstić information content (AvgIpc) is 3.74. The summed E-state index contributed by atoms with van der Waals surface area (Å²) in [6.07, 6.45) is 5.77. The number of ether oxygens (including phenoxy) is 3. The number of benzene rings is 1. The second-order valence-electron chi connectivity index (χ2n) is 9.63. The highest BCUT2D eigenvalue weighted by atomic mass is 16.8. The number of fused-ring (bicyclic) bond motifs is 2. The smallest absolute Gasteiger partial charge is 0.337 e. The van der Waals surface area contributed by atoms with Crippen LogP contribution < -0.4 is 10.6 Å². The minimum Gasteiger partial charge on any atom is -0.478 e. The van der Waals surface area contributed by atoms with Crippen molar-refractivity contribution in [2.75, 3.05) is 11.9 Å². The third-order valence-corrected chi connectivity index (χ3v) is 7.12. The Bertz CT molecular complexity index is 1510. The number of urea groups is 1. The van der Waals surface area contributed by atoms with E-state index in [1.54, 1.807) is 17.1 Å². The van der Waals surface area contributed by atoms with Crippen molar-refractivity contribution < 1.29 is 28.9 Å². The first-order valence-corrected chi connectivity index (χ1v) is 13.2. The molecule has 2 aliphatic rings. The summed E-state index contributed by atoms with van der Waals surface area (Å²) in [4.78, 5) is 39.6. The fourth-order valence-electron chi connectivity index (χ4n) is 5.30. The lowest BCUT2D eigenvalue weighted by molar-refractivity contribution is -0.148. The minimum atomic E-state index is -0.957. The maximum Gasteiger partial charge on any atom is 0.337 e. The molecule has 0 radical (unpaired) electrons. The summed E-state index contributed by atoms with van der Waals surface area (Å²) in [5.41, 5.74) is 2.82. The molecule has 0 spiro atoms. The first-order chi connectivity index (χ1) is 19.5. The van der Waals surface area contributed by atoms with Crippen LogP contribution in [0.2, 0.25) is 0 Å². The quantitative estimate of drug-likeness (QED) is 0.246. The van der Waals surface area contributed by atoms with Gasteiger partial charge in [-0.05, 0) is 31.7 Å². The van der Waals surface area contributed by atoms with Crippen LogP contribution in [0.1, 0.15) is 53.8 Å². The molecule has 2 amide bonds. The molecule has 13 heteroatoms. The highest BCUT2D eigenvalue weighted by Crippen LogP contribution is 2.46. The second kappa shape index (κ2) is 11.0. The van der Waals surface area contributed by atoms with Gasteiger partial charge in [-0.3, -0.25) is 9.88 Å². The molecule has 3 aromatic heterocycles. The average molecular weight is 548 g/mol. The molecule has 4 aromatic rings. The van der Waals surface area contributed by atoms with Gasteiger partial charge in [-0.25, -0.2) is 24.5 Å². The molecule has 208 valence electrons. The summed E-state index contributed by atoms with van der Waals surface area (Å²) in [7, 11) is 0. The molecule has 13 nitrogen and oxygen atoms in total. The Hall–Kier alpha value is -4.33. The number of aryl methyl sites for hydroxylation is 1. The highest BCUT2D eigenvalue weighted by molar-refractivity contribution is 5.95. The minimum absolute atomic E-state index is 0.272. The molecular weight excluding hydrogens is 518 g/mol. The number of aromatic nitrogens is 5. The Morgan fingerprint density at radius 1 is 1.07 bits per heavy atom. The van der Waals surface area contributed by atoms with Crippen molar-refractivity contribution in [2.24, 2.45) is 0 Å². The van der Waals surface area contributed by atoms with Crippen LogP contribution in [0.4, 0.5) is 10.6 Å². The van der Waals surface area contributed by atoms with E-state index in [9.17, 15) is 14.7 Å². The molecule has 2 saturated heterocycles. The Morgan fingerprint density at radius 3 is 2.70 bits per heavy atom. The molecule has 6 rings (SSSR count). The van der Waals surface area contributed by atoms with Crippen molar-refractivity contribution in [1.29, 1.82) is 0 Å². The Morgan fingerprint density at radius 2 is 1.90 bits per heavy atom. The van der Waals surface area contributed by atoms with Gasteiger partial charge in [0.15, 0.2) is 29.5 Å². The van der Waals surface area contributed by atoms with Gasteiger partial charge in [-0.2, -0.15) is 0 Å². The first kappa shape index (κ1) is 25.9. The normalized spacial score (nSPS) is 23.8. The molecule has 2 aliphatic heterocycles. The molecule has 40 heavy (non-hydrogen) atoms. The number of imidazole rings is 1. The number of carboxylic acids is 1. The summed E-state index contributed by atoms with van der Waals surface area (Å²) < 4.78 is 21.1. The molecular formula is C27H29N7O6. The second-order valence-corrected chi connectivity index (χ2v) is 9.63. The molecule has 2 fully saturated rings. The lowest BCUT2D eigenvalue weighted by Gasteiger charge is -2.21. The number of carboxylic acid groups (broad SMARTS) is 1. The molecule has 1 aromatic carbocycles. The summed E-state index contributed by atoms with van der Waals surface area (Å²) in [5.74, 6) is -0.672. The van der Waals surface area contributed by atoms with E-state index in [0.717, 1.165) is 11.1 Å². The van der Waals surface area contributed by atoms with Gasteiger partial charge >= 0.3 is 12.0 Å². The molecule has 5 atom stereocenters. The van der Waals surface area contributed by atoms with Crippen molar-refractivity contribution in [3.05, 3.63) is 72.1 Å². The highest BCUT2D eigenvalue weighted by Gasteiger charge is 2.53. The number of aromatic carboxylic acids is 1. The maximum absolute atomic E-state index is 12.1. The van der Waals surface area contributed by atoms with E-state index >= 15 is 0 Å². The SMILES string of the molecule is CCNC(=O)Nc1ncnc2c1ncn2C1OC(CCCc2c[nH]cc2C(=O)O)C2O[C@H](c3ccccc3)OC21. The van der Waals surface area contributed by atoms with Crippen LogP contribution in [0, 0.1) is 0 Å². The predicted molar refractivity (Wildman–Crippen MR) is 142 cm³/mol. The van der Waals surface area contributed by atoms with Gasteiger partial charge in [0.25, 0.3) is 0 Å². The van der Waals surface area contributed by atoms with Crippen molar-refractivity contribution >= 4 is 29.0 Å². The zero-order valence-electron chi connectivity index (χ0n) is 21.7. The lowest BCUT2D eigenvalue weighted by atomic mass is 10.0. The molecule has 5 heterocycles. The van der Waals surface area contributed by atoms with Gasteiger partial charge in [0.2, 0.25) is 0 Å². The van der Waals surface area contributed by atoms with Gasteiger partial charge < -0.3 is 29.6 Å². The zero-order chi connectivity index (χ0) is 27.6. The Labute approximate surface area is 228 Å². The number of hydrogen-bond donors (Lipinski definition) is 4. The number of anilines is 1. The van der Waals surface area contributed by atoms with Crippen LogP contribution in [-0.4, -0.2) is 66.5 Å². The number of nitrogens with zero attached hydrogens (tertiary/aromatic N) is 4. The number of amides is 2. The van der Waals surface area contributed by atoms with Crippen LogP contribution in [0.15, 0.2) is 55.4 Å². The van der Waals surface area contributed by atoms with E-state index in [1.165, 1.54) is 12.5 Å². The van der Waals surface area contributed by atoms with E-state index in [0.29, 0.717) is 37.0 Å². The van der Waals surface area contributed by atoms with Crippen LogP contribution in [0.25, 0.3) is 11.2 Å². The zero-order valence-corrected chi connectivity index (χ0v) is 21.7. The predicted octanol–water partition coefficient (Wildman–Crippen LogP) is 3.40. The number of carbonyl (C=O) groups excluding carboxylic acids is 1. The van der Waals surface area contributed by atoms with Crippen molar-refractivity contribution in [1.82, 2.24) is 29.8 Å². The van der Waals surface area contributed by atoms with Crippen molar-refractivity contribution in [3.63, 3.8) is 0 Å². The fourth-order valence-corrected chi connectivity index (χ4v) is 5.30. The number of H-pyrrole nitrogens is 1. The fraction of sp³-hybridized carbons (Fsp3) is 0.370. The Kier molecular flexibility index (Phi) is 7.15. The van der Waals surface area contributed by atoms with Crippen LogP contribution in [-0.2, 0) is 20.6 Å². The topological polar surface area (TPSA) is 166 Å². The molecule has 4 N–H and O–H groups in total. The maximum atomic E-state index is 12.1. The van der Waals surface area contributed by atoms with Crippen LogP contribution >= 0.6 is 0 Å². The standard InChI is InChI=1S/C27H29N7O6/c1-2-29-27(37)33-22-19-23(31-13-30-22)34(14-32-19)24-21-20(39-26(40-21)15-7-4-3-5-8-15)18(38-24)10-6-9-16-11-28-12-17(16)25(35)36/h3-5,7-8,11-14,18,20-21,24,26,28H,2,6,9-10H2,1H3,(H,35,36)(H2,29,30,31,33,37)/t18?,20?,21?,24?,26-/m0/s1. The van der Waals surface area contributed by atoms with E-state index < -0.39 is 24.6 Å². The van der Waals surface area contributed by atoms with E-state index in [2.05, 4.69) is 30.6 Å². The number of nitrogens with one attached hydrogen (secondary N) is 3. The summed E-state index contributed by atoms with van der Waals surface area (Å²) >= 11 is 0.